The summed E-state index contributed by atoms with van der Waals surface area (Å²) < 4.78 is 20.3. The van der Waals surface area contributed by atoms with Crippen molar-refractivity contribution in [2.75, 3.05) is 6.61 Å². The van der Waals surface area contributed by atoms with Crippen molar-refractivity contribution in [3.05, 3.63) is 65.2 Å². The number of hydrogen-bond donors (Lipinski definition) is 0. The smallest absolute Gasteiger partial charge is 0.338 e. The summed E-state index contributed by atoms with van der Waals surface area (Å²) in [6, 6.07) is 11.9. The normalized spacial score (nSPS) is 11.0. The molecule has 25 heavy (non-hydrogen) atoms. The second-order valence-electron chi connectivity index (χ2n) is 5.91. The number of ether oxygens (including phenoxy) is 1. The van der Waals surface area contributed by atoms with Gasteiger partial charge in [0.2, 0.25) is 0 Å². The average molecular weight is 340 g/mol. The molecule has 0 spiro atoms. The quantitative estimate of drug-likeness (QED) is 0.627. The molecule has 3 rings (SSSR count). The molecule has 0 bridgehead atoms. The maximum atomic E-state index is 13.2. The number of carbonyl (C=O) groups is 1. The van der Waals surface area contributed by atoms with Crippen molar-refractivity contribution in [2.24, 2.45) is 0 Å². The van der Waals surface area contributed by atoms with Crippen molar-refractivity contribution >= 4 is 17.0 Å². The molecule has 0 N–H and O–H groups in total. The lowest BCUT2D eigenvalue weighted by Gasteiger charge is -2.10. The van der Waals surface area contributed by atoms with Crippen LogP contribution in [0, 0.1) is 5.82 Å². The van der Waals surface area contributed by atoms with Crippen molar-refractivity contribution in [3.8, 4) is 0 Å². The zero-order valence-corrected chi connectivity index (χ0v) is 14.5. The molecule has 1 aromatic heterocycles. The maximum absolute atomic E-state index is 13.2. The Hall–Kier alpha value is -2.69. The van der Waals surface area contributed by atoms with Gasteiger partial charge in [0.1, 0.15) is 11.6 Å². The Morgan fingerprint density at radius 3 is 2.60 bits per heavy atom. The first-order valence-corrected chi connectivity index (χ1v) is 8.53. The Bertz CT molecular complexity index is 885. The van der Waals surface area contributed by atoms with Gasteiger partial charge in [-0.2, -0.15) is 0 Å². The summed E-state index contributed by atoms with van der Waals surface area (Å²) in [5, 5.41) is 0. The molecule has 0 fully saturated rings. The second kappa shape index (κ2) is 7.47. The zero-order chi connectivity index (χ0) is 17.8. The number of halogens is 1. The molecule has 4 nitrogen and oxygen atoms in total. The van der Waals surface area contributed by atoms with Crippen LogP contribution in [-0.4, -0.2) is 22.1 Å². The van der Waals surface area contributed by atoms with Crippen LogP contribution in [0.15, 0.2) is 42.5 Å². The summed E-state index contributed by atoms with van der Waals surface area (Å²) in [4.78, 5) is 16.7. The number of imidazole rings is 1. The van der Waals surface area contributed by atoms with E-state index in [4.69, 9.17) is 9.72 Å². The van der Waals surface area contributed by atoms with Gasteiger partial charge in [0.15, 0.2) is 0 Å². The van der Waals surface area contributed by atoms with Crippen molar-refractivity contribution in [2.45, 2.75) is 33.2 Å². The van der Waals surface area contributed by atoms with Gasteiger partial charge in [-0.25, -0.2) is 14.2 Å². The number of esters is 1. The Balaban J connectivity index is 2.05. The predicted molar refractivity (Wildman–Crippen MR) is 95.2 cm³/mol. The largest absolute Gasteiger partial charge is 0.462 e. The molecule has 0 radical (unpaired) electrons. The van der Waals surface area contributed by atoms with E-state index in [0.29, 0.717) is 18.7 Å². The first-order valence-electron chi connectivity index (χ1n) is 8.53. The van der Waals surface area contributed by atoms with E-state index in [2.05, 4.69) is 11.5 Å². The fourth-order valence-electron chi connectivity index (χ4n) is 2.88. The summed E-state index contributed by atoms with van der Waals surface area (Å²) in [6.45, 7) is 4.81. The summed E-state index contributed by atoms with van der Waals surface area (Å²) in [5.74, 6) is 0.372. The van der Waals surface area contributed by atoms with E-state index in [1.807, 2.05) is 12.1 Å². The van der Waals surface area contributed by atoms with Gasteiger partial charge in [-0.15, -0.1) is 0 Å². The van der Waals surface area contributed by atoms with E-state index in [1.54, 1.807) is 25.1 Å². The molecular weight excluding hydrogens is 319 g/mol. The van der Waals surface area contributed by atoms with Gasteiger partial charge < -0.3 is 9.30 Å². The van der Waals surface area contributed by atoms with Gasteiger partial charge in [-0.05, 0) is 49.2 Å². The van der Waals surface area contributed by atoms with Crippen molar-refractivity contribution < 1.29 is 13.9 Å². The van der Waals surface area contributed by atoms with Crippen LogP contribution >= 0.6 is 0 Å². The van der Waals surface area contributed by atoms with Gasteiger partial charge in [0.25, 0.3) is 0 Å². The molecule has 3 aromatic rings. The van der Waals surface area contributed by atoms with Crippen molar-refractivity contribution in [1.29, 1.82) is 0 Å². The van der Waals surface area contributed by atoms with E-state index in [9.17, 15) is 9.18 Å². The first kappa shape index (κ1) is 17.1. The molecule has 1 heterocycles. The van der Waals surface area contributed by atoms with E-state index in [0.717, 1.165) is 35.3 Å². The highest BCUT2D eigenvalue weighted by Gasteiger charge is 2.14. The summed E-state index contributed by atoms with van der Waals surface area (Å²) in [5.41, 5.74) is 3.23. The Morgan fingerprint density at radius 1 is 1.16 bits per heavy atom. The number of rotatable bonds is 6. The number of fused-ring (bicyclic) bond motifs is 1. The second-order valence-corrected chi connectivity index (χ2v) is 5.91. The third-order valence-corrected chi connectivity index (χ3v) is 4.07. The van der Waals surface area contributed by atoms with Crippen LogP contribution < -0.4 is 0 Å². The number of aromatic nitrogens is 2. The molecular formula is C20H21FN2O2. The van der Waals surface area contributed by atoms with Crippen molar-refractivity contribution in [1.82, 2.24) is 9.55 Å². The molecule has 0 aliphatic carbocycles. The van der Waals surface area contributed by atoms with Gasteiger partial charge in [0.05, 0.1) is 23.2 Å². The number of aryl methyl sites for hydroxylation is 1. The van der Waals surface area contributed by atoms with Gasteiger partial charge in [0, 0.05) is 13.0 Å². The highest BCUT2D eigenvalue weighted by Crippen LogP contribution is 2.21. The highest BCUT2D eigenvalue weighted by atomic mass is 19.1. The Kier molecular flexibility index (Phi) is 5.12. The van der Waals surface area contributed by atoms with E-state index in [1.165, 1.54) is 12.1 Å². The molecule has 0 atom stereocenters. The van der Waals surface area contributed by atoms with Crippen LogP contribution in [0.1, 0.15) is 42.0 Å². The maximum Gasteiger partial charge on any atom is 0.338 e. The lowest BCUT2D eigenvalue weighted by Crippen LogP contribution is -2.07. The first-order chi connectivity index (χ1) is 12.1. The minimum Gasteiger partial charge on any atom is -0.462 e. The minimum absolute atomic E-state index is 0.252. The summed E-state index contributed by atoms with van der Waals surface area (Å²) in [6.07, 6.45) is 1.81. The molecule has 5 heteroatoms. The molecule has 0 amide bonds. The van der Waals surface area contributed by atoms with Crippen LogP contribution in [-0.2, 0) is 17.7 Å². The lowest BCUT2D eigenvalue weighted by atomic mass is 10.2. The van der Waals surface area contributed by atoms with Crippen LogP contribution in [0.5, 0.6) is 0 Å². The molecule has 0 unspecified atom stereocenters. The lowest BCUT2D eigenvalue weighted by molar-refractivity contribution is 0.0526. The third kappa shape index (κ3) is 3.71. The summed E-state index contributed by atoms with van der Waals surface area (Å²) >= 11 is 0. The fraction of sp³-hybridized carbons (Fsp3) is 0.300. The number of benzene rings is 2. The van der Waals surface area contributed by atoms with Gasteiger partial charge >= 0.3 is 5.97 Å². The van der Waals surface area contributed by atoms with Crippen LogP contribution in [0.4, 0.5) is 4.39 Å². The highest BCUT2D eigenvalue weighted by molar-refractivity contribution is 5.93. The molecule has 2 aromatic carbocycles. The monoisotopic (exact) mass is 340 g/mol. The predicted octanol–water partition coefficient (Wildman–Crippen LogP) is 4.35. The summed E-state index contributed by atoms with van der Waals surface area (Å²) in [7, 11) is 0. The van der Waals surface area contributed by atoms with Crippen molar-refractivity contribution in [3.63, 3.8) is 0 Å². The van der Waals surface area contributed by atoms with E-state index >= 15 is 0 Å². The average Bonchev–Trinajstić information content (AvgIpc) is 2.94. The number of hydrogen-bond acceptors (Lipinski definition) is 3. The van der Waals surface area contributed by atoms with Gasteiger partial charge in [-0.1, -0.05) is 19.1 Å². The molecule has 130 valence electrons. The fourth-order valence-corrected chi connectivity index (χ4v) is 2.88. The standard InChI is InChI=1S/C20H21FN2O2/c1-3-5-19-22-17-11-8-15(20(24)25-4-2)12-18(17)23(19)13-14-6-9-16(21)10-7-14/h6-12H,3-5,13H2,1-2H3. The van der Waals surface area contributed by atoms with Crippen LogP contribution in [0.3, 0.4) is 0 Å². The Morgan fingerprint density at radius 2 is 1.92 bits per heavy atom. The zero-order valence-electron chi connectivity index (χ0n) is 14.5. The SMILES string of the molecule is CCCc1nc2ccc(C(=O)OCC)cc2n1Cc1ccc(F)cc1. The van der Waals surface area contributed by atoms with Crippen LogP contribution in [0.2, 0.25) is 0 Å². The number of nitrogens with zero attached hydrogens (tertiary/aromatic N) is 2. The van der Waals surface area contributed by atoms with E-state index < -0.39 is 0 Å². The molecule has 0 aliphatic heterocycles. The van der Waals surface area contributed by atoms with E-state index in [-0.39, 0.29) is 11.8 Å². The third-order valence-electron chi connectivity index (χ3n) is 4.07. The number of carbonyl (C=O) groups excluding carboxylic acids is 1. The molecule has 0 saturated heterocycles. The Labute approximate surface area is 146 Å². The van der Waals surface area contributed by atoms with Crippen LogP contribution in [0.25, 0.3) is 11.0 Å². The molecule has 0 aliphatic rings. The topological polar surface area (TPSA) is 44.1 Å². The van der Waals surface area contributed by atoms with Gasteiger partial charge in [-0.3, -0.25) is 0 Å². The minimum atomic E-state index is -0.337. The molecule has 0 saturated carbocycles.